The number of urea groups is 1. The molecule has 2 aromatic heterocycles. The zero-order valence-corrected chi connectivity index (χ0v) is 20.5. The lowest BCUT2D eigenvalue weighted by atomic mass is 9.97. The zero-order chi connectivity index (χ0) is 26.0. The highest BCUT2D eigenvalue weighted by Crippen LogP contribution is 2.37. The van der Waals surface area contributed by atoms with E-state index in [0.717, 1.165) is 30.8 Å². The summed E-state index contributed by atoms with van der Waals surface area (Å²) in [5, 5.41) is 2.95. The van der Waals surface area contributed by atoms with E-state index in [9.17, 15) is 18.0 Å². The van der Waals surface area contributed by atoms with Crippen molar-refractivity contribution in [1.29, 1.82) is 0 Å². The van der Waals surface area contributed by atoms with E-state index < -0.39 is 12.1 Å². The van der Waals surface area contributed by atoms with Gasteiger partial charge >= 0.3 is 12.2 Å². The Morgan fingerprint density at radius 3 is 2.78 bits per heavy atom. The molecule has 2 amide bonds. The smallest absolute Gasteiger partial charge is 0.393 e. The monoisotopic (exact) mass is 514 g/mol. The second-order valence-electron chi connectivity index (χ2n) is 9.30. The van der Waals surface area contributed by atoms with Crippen molar-refractivity contribution < 1.29 is 22.4 Å². The molecular weight excluding hydrogens is 485 g/mol. The minimum atomic E-state index is -4.24. The number of oxazole rings is 1. The predicted octanol–water partition coefficient (Wildman–Crippen LogP) is 5.78. The molecule has 1 aromatic carbocycles. The number of hydrogen-bond acceptors (Lipinski definition) is 6. The predicted molar refractivity (Wildman–Crippen MR) is 136 cm³/mol. The van der Waals surface area contributed by atoms with Crippen LogP contribution in [0.25, 0.3) is 11.3 Å². The van der Waals surface area contributed by atoms with Crippen LogP contribution >= 0.6 is 0 Å². The summed E-state index contributed by atoms with van der Waals surface area (Å²) in [6.07, 6.45) is -0.0100. The van der Waals surface area contributed by atoms with Crippen LogP contribution in [0.1, 0.15) is 26.2 Å². The number of carbonyl (C=O) groups is 1. The molecule has 0 radical (unpaired) electrons. The summed E-state index contributed by atoms with van der Waals surface area (Å²) >= 11 is 0. The summed E-state index contributed by atoms with van der Waals surface area (Å²) in [6.45, 7) is 4.29. The average Bonchev–Trinajstić information content (AvgIpc) is 3.37. The fourth-order valence-corrected chi connectivity index (χ4v) is 4.98. The highest BCUT2D eigenvalue weighted by molar-refractivity contribution is 6.03. The number of pyridine rings is 1. The van der Waals surface area contributed by atoms with Gasteiger partial charge in [0.05, 0.1) is 17.8 Å². The molecule has 3 aromatic rings. The quantitative estimate of drug-likeness (QED) is 0.475. The van der Waals surface area contributed by atoms with Crippen molar-refractivity contribution >= 4 is 29.0 Å². The third-order valence-electron chi connectivity index (χ3n) is 6.91. The summed E-state index contributed by atoms with van der Waals surface area (Å²) < 4.78 is 45.6. The van der Waals surface area contributed by atoms with Crippen LogP contribution in [-0.2, 0) is 0 Å². The maximum Gasteiger partial charge on any atom is 0.393 e. The van der Waals surface area contributed by atoms with E-state index in [1.165, 1.54) is 6.39 Å². The van der Waals surface area contributed by atoms with Gasteiger partial charge in [0.1, 0.15) is 5.82 Å². The van der Waals surface area contributed by atoms with Gasteiger partial charge in [0.15, 0.2) is 18.0 Å². The summed E-state index contributed by atoms with van der Waals surface area (Å²) in [5.74, 6) is 0.107. The number of anilines is 4. The van der Waals surface area contributed by atoms with Crippen LogP contribution in [0.2, 0.25) is 0 Å². The molecule has 4 heterocycles. The molecule has 0 bridgehead atoms. The minimum absolute atomic E-state index is 0.121. The topological polar surface area (TPSA) is 77.7 Å². The van der Waals surface area contributed by atoms with Crippen molar-refractivity contribution in [3.8, 4) is 11.3 Å². The molecule has 0 aliphatic carbocycles. The Balaban J connectivity index is 1.43. The molecule has 8 nitrogen and oxygen atoms in total. The second-order valence-corrected chi connectivity index (χ2v) is 9.30. The molecule has 1 fully saturated rings. The number of hydrogen-bond donors (Lipinski definition) is 1. The third-order valence-corrected chi connectivity index (χ3v) is 6.91. The van der Waals surface area contributed by atoms with Crippen molar-refractivity contribution in [2.45, 2.75) is 32.4 Å². The van der Waals surface area contributed by atoms with Gasteiger partial charge in [-0.05, 0) is 50.5 Å². The average molecular weight is 515 g/mol. The Hall–Kier alpha value is -3.76. The Morgan fingerprint density at radius 2 is 2.03 bits per heavy atom. The Morgan fingerprint density at radius 1 is 1.16 bits per heavy atom. The molecule has 0 saturated carbocycles. The molecule has 2 aliphatic rings. The fraction of sp³-hybridized carbons (Fsp3) is 0.423. The summed E-state index contributed by atoms with van der Waals surface area (Å²) in [5.41, 5.74) is 2.14. The van der Waals surface area contributed by atoms with Crippen molar-refractivity contribution in [2.24, 2.45) is 5.92 Å². The number of carbonyl (C=O) groups excluding carboxylic acids is 1. The Bertz CT molecular complexity index is 1230. The minimum Gasteiger partial charge on any atom is -0.444 e. The number of benzene rings is 1. The lowest BCUT2D eigenvalue weighted by Crippen LogP contribution is -2.42. The van der Waals surface area contributed by atoms with Gasteiger partial charge in [-0.1, -0.05) is 12.1 Å². The highest BCUT2D eigenvalue weighted by atomic mass is 19.4. The number of alkyl halides is 3. The van der Waals surface area contributed by atoms with E-state index in [0.29, 0.717) is 42.6 Å². The first-order valence-corrected chi connectivity index (χ1v) is 12.5. The molecule has 2 aliphatic heterocycles. The fourth-order valence-electron chi connectivity index (χ4n) is 4.98. The Kier molecular flexibility index (Phi) is 6.94. The first kappa shape index (κ1) is 24.9. The molecule has 11 heteroatoms. The number of rotatable bonds is 4. The van der Waals surface area contributed by atoms with Gasteiger partial charge in [0.25, 0.3) is 0 Å². The van der Waals surface area contributed by atoms with Crippen LogP contribution in [0, 0.1) is 5.92 Å². The van der Waals surface area contributed by atoms with Crippen LogP contribution < -0.4 is 20.0 Å². The molecule has 37 heavy (non-hydrogen) atoms. The molecule has 1 saturated heterocycles. The molecule has 1 atom stereocenters. The molecule has 1 N–H and O–H groups in total. The van der Waals surface area contributed by atoms with E-state index in [1.54, 1.807) is 34.2 Å². The lowest BCUT2D eigenvalue weighted by molar-refractivity contribution is -0.176. The Labute approximate surface area is 213 Å². The van der Waals surface area contributed by atoms with Crippen LogP contribution in [0.3, 0.4) is 0 Å². The van der Waals surface area contributed by atoms with Gasteiger partial charge < -0.3 is 19.5 Å². The van der Waals surface area contributed by atoms with Crippen molar-refractivity contribution in [3.05, 3.63) is 49.0 Å². The normalized spacial score (nSPS) is 18.4. The number of fused-ring (bicyclic) bond motifs is 1. The van der Waals surface area contributed by atoms with Gasteiger partial charge in [-0.15, -0.1) is 0 Å². The number of amides is 2. The summed E-state index contributed by atoms with van der Waals surface area (Å²) in [7, 11) is 0. The van der Waals surface area contributed by atoms with Gasteiger partial charge in [-0.25, -0.2) is 14.8 Å². The van der Waals surface area contributed by atoms with Crippen molar-refractivity contribution in [1.82, 2.24) is 9.97 Å². The standard InChI is InChI=1S/C26H29F3N6O2/c1-2-33-12-5-13-35(25(36)31-20-8-3-6-18(14-20)22-15-30-17-37-22)24-21(33)9-10-23(32-24)34-11-4-7-19(16-34)26(27,28)29/h3,6,8-10,14-15,17,19H,2,4-5,7,11-13,16H2,1H3,(H,31,36)/t19-/m1/s1. The summed E-state index contributed by atoms with van der Waals surface area (Å²) in [6, 6.07) is 10.5. The van der Waals surface area contributed by atoms with E-state index in [2.05, 4.69) is 15.2 Å². The van der Waals surface area contributed by atoms with Crippen LogP contribution in [0.4, 0.5) is 41.0 Å². The summed E-state index contributed by atoms with van der Waals surface area (Å²) in [4.78, 5) is 27.6. The van der Waals surface area contributed by atoms with E-state index >= 15 is 0 Å². The van der Waals surface area contributed by atoms with Crippen LogP contribution in [-0.4, -0.2) is 54.9 Å². The highest BCUT2D eigenvalue weighted by Gasteiger charge is 2.42. The van der Waals surface area contributed by atoms with Gasteiger partial charge in [-0.3, -0.25) is 4.90 Å². The molecule has 0 unspecified atom stereocenters. The van der Waals surface area contributed by atoms with Gasteiger partial charge in [0.2, 0.25) is 0 Å². The lowest BCUT2D eigenvalue weighted by Gasteiger charge is -2.35. The first-order chi connectivity index (χ1) is 17.8. The van der Waals surface area contributed by atoms with E-state index in [1.807, 2.05) is 25.1 Å². The van der Waals surface area contributed by atoms with E-state index in [-0.39, 0.29) is 19.0 Å². The number of aromatic nitrogens is 2. The number of piperidine rings is 1. The molecule has 0 spiro atoms. The van der Waals surface area contributed by atoms with Gasteiger partial charge in [0, 0.05) is 44.0 Å². The van der Waals surface area contributed by atoms with Crippen LogP contribution in [0.15, 0.2) is 53.4 Å². The third kappa shape index (κ3) is 5.35. The molecular formula is C26H29F3N6O2. The van der Waals surface area contributed by atoms with E-state index in [4.69, 9.17) is 9.40 Å². The first-order valence-electron chi connectivity index (χ1n) is 12.5. The number of nitrogens with one attached hydrogen (secondary N) is 1. The van der Waals surface area contributed by atoms with Crippen molar-refractivity contribution in [3.63, 3.8) is 0 Å². The van der Waals surface area contributed by atoms with Gasteiger partial charge in [-0.2, -0.15) is 13.2 Å². The van der Waals surface area contributed by atoms with Crippen molar-refractivity contribution in [2.75, 3.05) is 52.7 Å². The SMILES string of the molecule is CCN1CCCN(C(=O)Nc2cccc(-c3cnco3)c2)c2nc(N3CCC[C@@H](C(F)(F)F)C3)ccc21. The largest absolute Gasteiger partial charge is 0.444 e. The zero-order valence-electron chi connectivity index (χ0n) is 20.5. The number of nitrogens with zero attached hydrogens (tertiary/aromatic N) is 5. The van der Waals surface area contributed by atoms with Crippen LogP contribution in [0.5, 0.6) is 0 Å². The molecule has 5 rings (SSSR count). The number of halogens is 3. The maximum absolute atomic E-state index is 13.5. The second kappa shape index (κ2) is 10.3. The maximum atomic E-state index is 13.5. The molecule has 196 valence electrons.